The van der Waals surface area contributed by atoms with Crippen LogP contribution in [0.2, 0.25) is 0 Å². The highest BCUT2D eigenvalue weighted by atomic mass is 19.2. The van der Waals surface area contributed by atoms with Crippen molar-refractivity contribution in [2.24, 2.45) is 0 Å². The molecule has 1 amide bonds. The third kappa shape index (κ3) is 16.9. The lowest BCUT2D eigenvalue weighted by Crippen LogP contribution is -2.34. The maximum atomic E-state index is 13.2. The minimum absolute atomic E-state index is 0.357. The summed E-state index contributed by atoms with van der Waals surface area (Å²) in [4.78, 5) is 13.5. The summed E-state index contributed by atoms with van der Waals surface area (Å²) in [7, 11) is 1.98. The first kappa shape index (κ1) is 24.0. The van der Waals surface area contributed by atoms with Crippen LogP contribution < -0.4 is 5.32 Å². The predicted molar refractivity (Wildman–Crippen MR) is 94.9 cm³/mol. The zero-order valence-electron chi connectivity index (χ0n) is 16.0. The molecule has 0 aliphatic heterocycles. The van der Waals surface area contributed by atoms with E-state index in [0.717, 1.165) is 25.9 Å². The molecule has 0 aliphatic carbocycles. The van der Waals surface area contributed by atoms with E-state index in [1.54, 1.807) is 6.92 Å². The van der Waals surface area contributed by atoms with Crippen LogP contribution in [-0.4, -0.2) is 54.9 Å². The molecule has 0 unspecified atom stereocenters. The van der Waals surface area contributed by atoms with Gasteiger partial charge in [0.1, 0.15) is 5.60 Å². The lowest BCUT2D eigenvalue weighted by Gasteiger charge is -2.21. The van der Waals surface area contributed by atoms with E-state index in [-0.39, 0.29) is 6.09 Å². The first-order chi connectivity index (χ1) is 10.6. The molecule has 0 aliphatic rings. The highest BCUT2D eigenvalue weighted by Gasteiger charge is 2.15. The summed E-state index contributed by atoms with van der Waals surface area (Å²) in [6, 6.07) is 0. The van der Waals surface area contributed by atoms with Gasteiger partial charge in [-0.25, -0.2) is 9.92 Å². The number of alkyl carbamates (subject to hydrolysis) is 1. The molecule has 0 aromatic carbocycles. The van der Waals surface area contributed by atoms with Gasteiger partial charge in [0.05, 0.1) is 6.54 Å². The average Bonchev–Trinajstić information content (AvgIpc) is 2.43. The molecule has 0 aromatic rings. The third-order valence-corrected chi connectivity index (χ3v) is 2.69. The number of amides is 1. The summed E-state index contributed by atoms with van der Waals surface area (Å²) in [6.07, 6.45) is 1.18. The SMILES string of the molecule is C=C(C)N(F)CCCN(C)CCCNC(=O)OC(C)(C)C.CC. The Morgan fingerprint density at radius 3 is 2.17 bits per heavy atom. The lowest BCUT2D eigenvalue weighted by atomic mass is 10.2. The molecule has 1 N–H and O–H groups in total. The van der Waals surface area contributed by atoms with Crippen molar-refractivity contribution >= 4 is 6.09 Å². The molecular weight excluding hydrogens is 297 g/mol. The smallest absolute Gasteiger partial charge is 0.407 e. The van der Waals surface area contributed by atoms with E-state index in [9.17, 15) is 9.28 Å². The largest absolute Gasteiger partial charge is 0.444 e. The highest BCUT2D eigenvalue weighted by Crippen LogP contribution is 2.06. The maximum Gasteiger partial charge on any atom is 0.407 e. The summed E-state index contributed by atoms with van der Waals surface area (Å²) < 4.78 is 18.3. The number of hydrogen-bond acceptors (Lipinski definition) is 4. The Kier molecular flexibility index (Phi) is 13.7. The van der Waals surface area contributed by atoms with Crippen LogP contribution in [0.15, 0.2) is 12.3 Å². The number of ether oxygens (including phenoxy) is 1. The third-order valence-electron chi connectivity index (χ3n) is 2.69. The molecule has 0 heterocycles. The van der Waals surface area contributed by atoms with Gasteiger partial charge in [0.25, 0.3) is 0 Å². The van der Waals surface area contributed by atoms with Crippen LogP contribution >= 0.6 is 0 Å². The Bertz CT molecular complexity index is 330. The molecule has 0 fully saturated rings. The number of carbonyl (C=O) groups excluding carboxylic acids is 1. The van der Waals surface area contributed by atoms with Gasteiger partial charge >= 0.3 is 6.09 Å². The first-order valence-corrected chi connectivity index (χ1v) is 8.36. The molecule has 0 rings (SSSR count). The fourth-order valence-corrected chi connectivity index (χ4v) is 1.64. The van der Waals surface area contributed by atoms with Crippen LogP contribution in [0.5, 0.6) is 0 Å². The number of hydrogen-bond donors (Lipinski definition) is 1. The molecule has 0 bridgehead atoms. The molecule has 0 atom stereocenters. The monoisotopic (exact) mass is 333 g/mol. The molecule has 138 valence electrons. The summed E-state index contributed by atoms with van der Waals surface area (Å²) in [5.41, 5.74) is -0.0400. The van der Waals surface area contributed by atoms with Crippen molar-refractivity contribution in [3.63, 3.8) is 0 Å². The van der Waals surface area contributed by atoms with Crippen LogP contribution in [0, 0.1) is 0 Å². The van der Waals surface area contributed by atoms with Crippen molar-refractivity contribution in [3.8, 4) is 0 Å². The predicted octanol–water partition coefficient (Wildman–Crippen LogP) is 3.97. The molecule has 0 saturated carbocycles. The van der Waals surface area contributed by atoms with Crippen LogP contribution in [0.4, 0.5) is 9.28 Å². The molecule has 0 saturated heterocycles. The zero-order valence-corrected chi connectivity index (χ0v) is 16.0. The Balaban J connectivity index is 0. The van der Waals surface area contributed by atoms with Crippen LogP contribution in [0.1, 0.15) is 54.4 Å². The molecule has 6 heteroatoms. The maximum absolute atomic E-state index is 13.2. The Morgan fingerprint density at radius 1 is 1.17 bits per heavy atom. The van der Waals surface area contributed by atoms with Gasteiger partial charge in [0, 0.05) is 12.2 Å². The van der Waals surface area contributed by atoms with Gasteiger partial charge in [0.2, 0.25) is 0 Å². The first-order valence-electron chi connectivity index (χ1n) is 8.36. The fraction of sp³-hybridized carbons (Fsp3) is 0.824. The van der Waals surface area contributed by atoms with E-state index >= 15 is 0 Å². The number of allylic oxidation sites excluding steroid dienone is 1. The van der Waals surface area contributed by atoms with Crippen molar-refractivity contribution in [2.45, 2.75) is 60.0 Å². The van der Waals surface area contributed by atoms with E-state index in [4.69, 9.17) is 4.74 Å². The van der Waals surface area contributed by atoms with Crippen LogP contribution in [0.25, 0.3) is 0 Å². The number of halogens is 1. The van der Waals surface area contributed by atoms with Crippen LogP contribution in [0.3, 0.4) is 0 Å². The fourth-order valence-electron chi connectivity index (χ4n) is 1.64. The Hall–Kier alpha value is -1.30. The molecule has 5 nitrogen and oxygen atoms in total. The number of rotatable bonds is 9. The summed E-state index contributed by atoms with van der Waals surface area (Å²) in [5, 5.41) is 3.38. The standard InChI is InChI=1S/C15H30FN3O2.C2H6/c1-13(2)19(16)12-8-11-18(6)10-7-9-17-14(20)21-15(3,4)5;1-2/h1,7-12H2,2-6H3,(H,17,20);1-2H3. The zero-order chi connectivity index (χ0) is 18.5. The van der Waals surface area contributed by atoms with Gasteiger partial charge in [-0.3, -0.25) is 0 Å². The van der Waals surface area contributed by atoms with Crippen molar-refractivity contribution in [1.82, 2.24) is 15.3 Å². The highest BCUT2D eigenvalue weighted by molar-refractivity contribution is 5.67. The van der Waals surface area contributed by atoms with E-state index in [1.165, 1.54) is 0 Å². The van der Waals surface area contributed by atoms with Gasteiger partial charge in [-0.1, -0.05) is 20.4 Å². The Morgan fingerprint density at radius 2 is 1.70 bits per heavy atom. The number of nitrogens with zero attached hydrogens (tertiary/aromatic N) is 2. The lowest BCUT2D eigenvalue weighted by molar-refractivity contribution is 0.0524. The van der Waals surface area contributed by atoms with E-state index < -0.39 is 5.60 Å². The quantitative estimate of drug-likeness (QED) is 0.512. The molecule has 0 aromatic heterocycles. The molecule has 0 radical (unpaired) electrons. The second-order valence-electron chi connectivity index (χ2n) is 6.26. The average molecular weight is 333 g/mol. The normalized spacial score (nSPS) is 10.7. The van der Waals surface area contributed by atoms with Gasteiger partial charge in [-0.05, 0) is 60.7 Å². The Labute approximate surface area is 141 Å². The molecule has 0 spiro atoms. The van der Waals surface area contributed by atoms with E-state index in [2.05, 4.69) is 16.8 Å². The summed E-state index contributed by atoms with van der Waals surface area (Å²) in [5.74, 6) is 0. The molecular formula is C17H36FN3O2. The number of carbonyl (C=O) groups is 1. The second kappa shape index (κ2) is 13.2. The van der Waals surface area contributed by atoms with Gasteiger partial charge < -0.3 is 15.0 Å². The topological polar surface area (TPSA) is 44.8 Å². The molecule has 23 heavy (non-hydrogen) atoms. The summed E-state index contributed by atoms with van der Waals surface area (Å²) >= 11 is 0. The second-order valence-corrected chi connectivity index (χ2v) is 6.26. The minimum atomic E-state index is -0.470. The van der Waals surface area contributed by atoms with Gasteiger partial charge in [-0.2, -0.15) is 0 Å². The van der Waals surface area contributed by atoms with Crippen molar-refractivity contribution in [2.75, 3.05) is 33.2 Å². The van der Waals surface area contributed by atoms with E-state index in [1.807, 2.05) is 41.7 Å². The van der Waals surface area contributed by atoms with Crippen LogP contribution in [-0.2, 0) is 4.74 Å². The van der Waals surface area contributed by atoms with Gasteiger partial charge in [-0.15, -0.1) is 4.48 Å². The summed E-state index contributed by atoms with van der Waals surface area (Å²) in [6.45, 7) is 17.3. The van der Waals surface area contributed by atoms with Gasteiger partial charge in [0.15, 0.2) is 0 Å². The number of nitrogens with one attached hydrogen (secondary N) is 1. The van der Waals surface area contributed by atoms with Crippen molar-refractivity contribution in [3.05, 3.63) is 12.3 Å². The van der Waals surface area contributed by atoms with Crippen molar-refractivity contribution < 1.29 is 14.0 Å². The van der Waals surface area contributed by atoms with Crippen molar-refractivity contribution in [1.29, 1.82) is 0 Å². The van der Waals surface area contributed by atoms with E-state index in [0.29, 0.717) is 23.9 Å². The minimum Gasteiger partial charge on any atom is -0.444 e.